The largest absolute Gasteiger partial charge is 0.383 e. The van der Waals surface area contributed by atoms with Crippen molar-refractivity contribution in [3.05, 3.63) is 69.4 Å². The van der Waals surface area contributed by atoms with Gasteiger partial charge >= 0.3 is 0 Å². The second-order valence-corrected chi connectivity index (χ2v) is 6.20. The van der Waals surface area contributed by atoms with Crippen LogP contribution in [0.3, 0.4) is 0 Å². The minimum absolute atomic E-state index is 0.525. The molecule has 0 radical (unpaired) electrons. The molecule has 1 N–H and O–H groups in total. The molecule has 0 saturated heterocycles. The van der Waals surface area contributed by atoms with Crippen molar-refractivity contribution in [1.82, 2.24) is 0 Å². The van der Waals surface area contributed by atoms with E-state index in [0.717, 1.165) is 10.4 Å². The molecular weight excluding hydrogens is 252 g/mol. The van der Waals surface area contributed by atoms with Gasteiger partial charge in [0.2, 0.25) is 0 Å². The Kier molecular flexibility index (Phi) is 3.13. The average molecular weight is 268 g/mol. The first-order chi connectivity index (χ1) is 9.15. The maximum atomic E-state index is 10.6. The highest BCUT2D eigenvalue weighted by Gasteiger charge is 2.15. The Bertz CT molecular complexity index is 727. The van der Waals surface area contributed by atoms with Gasteiger partial charge in [-0.2, -0.15) is 0 Å². The molecule has 0 aliphatic rings. The van der Waals surface area contributed by atoms with Gasteiger partial charge in [0.25, 0.3) is 0 Å². The Morgan fingerprint density at radius 3 is 2.37 bits per heavy atom. The average Bonchev–Trinajstić information content (AvgIpc) is 2.76. The van der Waals surface area contributed by atoms with Gasteiger partial charge in [0.15, 0.2) is 0 Å². The molecule has 2 heteroatoms. The number of rotatable bonds is 2. The zero-order valence-corrected chi connectivity index (χ0v) is 11.9. The third kappa shape index (κ3) is 2.29. The molecule has 0 aliphatic heterocycles. The highest BCUT2D eigenvalue weighted by Crippen LogP contribution is 2.32. The first-order valence-corrected chi connectivity index (χ1v) is 7.20. The van der Waals surface area contributed by atoms with Gasteiger partial charge in [-0.1, -0.05) is 36.4 Å². The summed E-state index contributed by atoms with van der Waals surface area (Å²) in [4.78, 5) is 2.29. The molecule has 2 aromatic carbocycles. The van der Waals surface area contributed by atoms with Gasteiger partial charge in [-0.15, -0.1) is 11.3 Å². The number of fused-ring (bicyclic) bond motifs is 1. The van der Waals surface area contributed by atoms with Gasteiger partial charge in [-0.25, -0.2) is 0 Å². The molecule has 96 valence electrons. The van der Waals surface area contributed by atoms with Crippen LogP contribution in [0.4, 0.5) is 0 Å². The van der Waals surface area contributed by atoms with Crippen molar-refractivity contribution >= 4 is 22.1 Å². The molecule has 0 saturated carbocycles. The summed E-state index contributed by atoms with van der Waals surface area (Å²) in [5, 5.41) is 12.9. The Morgan fingerprint density at radius 2 is 1.68 bits per heavy atom. The Balaban J connectivity index is 2.06. The van der Waals surface area contributed by atoms with Gasteiger partial charge in [0, 0.05) is 9.75 Å². The lowest BCUT2D eigenvalue weighted by atomic mass is 10.0. The zero-order valence-electron chi connectivity index (χ0n) is 11.1. The number of hydrogen-bond acceptors (Lipinski definition) is 2. The van der Waals surface area contributed by atoms with E-state index < -0.39 is 6.10 Å². The standard InChI is InChI=1S/C17H16OS/c1-11-9-12(2)19-17(11)16(18)15-8-7-13-5-3-4-6-14(13)10-15/h3-10,16,18H,1-2H3. The maximum Gasteiger partial charge on any atom is 0.113 e. The van der Waals surface area contributed by atoms with Crippen molar-refractivity contribution in [2.75, 3.05) is 0 Å². The van der Waals surface area contributed by atoms with Crippen LogP contribution in [0.5, 0.6) is 0 Å². The highest BCUT2D eigenvalue weighted by atomic mass is 32.1. The third-order valence-corrected chi connectivity index (χ3v) is 4.62. The molecule has 3 aromatic rings. The predicted molar refractivity (Wildman–Crippen MR) is 81.8 cm³/mol. The van der Waals surface area contributed by atoms with Crippen LogP contribution in [-0.2, 0) is 0 Å². The van der Waals surface area contributed by atoms with Crippen molar-refractivity contribution < 1.29 is 5.11 Å². The van der Waals surface area contributed by atoms with Crippen molar-refractivity contribution in [3.63, 3.8) is 0 Å². The smallest absolute Gasteiger partial charge is 0.113 e. The predicted octanol–water partition coefficient (Wildman–Crippen LogP) is 4.60. The van der Waals surface area contributed by atoms with E-state index in [0.29, 0.717) is 0 Å². The van der Waals surface area contributed by atoms with E-state index in [4.69, 9.17) is 0 Å². The van der Waals surface area contributed by atoms with Crippen molar-refractivity contribution in [3.8, 4) is 0 Å². The molecule has 3 rings (SSSR count). The normalized spacial score (nSPS) is 12.8. The quantitative estimate of drug-likeness (QED) is 0.720. The second-order valence-electron chi connectivity index (χ2n) is 4.91. The molecule has 1 nitrogen and oxygen atoms in total. The summed E-state index contributed by atoms with van der Waals surface area (Å²) in [7, 11) is 0. The summed E-state index contributed by atoms with van der Waals surface area (Å²) >= 11 is 1.67. The fourth-order valence-corrected chi connectivity index (χ4v) is 3.51. The van der Waals surface area contributed by atoms with Crippen LogP contribution >= 0.6 is 11.3 Å². The van der Waals surface area contributed by atoms with E-state index in [2.05, 4.69) is 44.2 Å². The van der Waals surface area contributed by atoms with Crippen LogP contribution in [0.25, 0.3) is 10.8 Å². The molecule has 0 amide bonds. The van der Waals surface area contributed by atoms with E-state index in [1.165, 1.54) is 21.2 Å². The minimum atomic E-state index is -0.525. The van der Waals surface area contributed by atoms with Gasteiger partial charge in [0.05, 0.1) is 0 Å². The summed E-state index contributed by atoms with van der Waals surface area (Å²) < 4.78 is 0. The Morgan fingerprint density at radius 1 is 0.947 bits per heavy atom. The Labute approximate surface area is 117 Å². The number of aryl methyl sites for hydroxylation is 2. The summed E-state index contributed by atoms with van der Waals surface area (Å²) in [6.07, 6.45) is -0.525. The van der Waals surface area contributed by atoms with E-state index in [9.17, 15) is 5.11 Å². The first-order valence-electron chi connectivity index (χ1n) is 6.39. The van der Waals surface area contributed by atoms with E-state index in [1.54, 1.807) is 11.3 Å². The molecule has 0 aliphatic carbocycles. The summed E-state index contributed by atoms with van der Waals surface area (Å²) in [5.74, 6) is 0. The van der Waals surface area contributed by atoms with Gasteiger partial charge in [-0.05, 0) is 47.9 Å². The molecular formula is C17H16OS. The summed E-state index contributed by atoms with van der Waals surface area (Å²) in [5.41, 5.74) is 2.13. The summed E-state index contributed by atoms with van der Waals surface area (Å²) in [6, 6.07) is 16.5. The fourth-order valence-electron chi connectivity index (χ4n) is 2.46. The lowest BCUT2D eigenvalue weighted by Crippen LogP contribution is -1.98. The number of hydrogen-bond donors (Lipinski definition) is 1. The maximum absolute atomic E-state index is 10.6. The SMILES string of the molecule is Cc1cc(C)c(C(O)c2ccc3ccccc3c2)s1. The van der Waals surface area contributed by atoms with Gasteiger partial charge in [-0.3, -0.25) is 0 Å². The van der Waals surface area contributed by atoms with Crippen molar-refractivity contribution in [2.24, 2.45) is 0 Å². The molecule has 0 spiro atoms. The molecule has 1 aromatic heterocycles. The zero-order chi connectivity index (χ0) is 13.4. The van der Waals surface area contributed by atoms with Crippen molar-refractivity contribution in [1.29, 1.82) is 0 Å². The topological polar surface area (TPSA) is 20.2 Å². The van der Waals surface area contributed by atoms with E-state index >= 15 is 0 Å². The highest BCUT2D eigenvalue weighted by molar-refractivity contribution is 7.12. The van der Waals surface area contributed by atoms with Crippen LogP contribution in [0, 0.1) is 13.8 Å². The molecule has 1 heterocycles. The summed E-state index contributed by atoms with van der Waals surface area (Å²) in [6.45, 7) is 4.14. The van der Waals surface area contributed by atoms with Gasteiger partial charge in [0.1, 0.15) is 6.10 Å². The van der Waals surface area contributed by atoms with Crippen LogP contribution in [-0.4, -0.2) is 5.11 Å². The van der Waals surface area contributed by atoms with E-state index in [1.807, 2.05) is 18.2 Å². The lowest BCUT2D eigenvalue weighted by Gasteiger charge is -2.11. The first kappa shape index (κ1) is 12.4. The molecule has 0 bridgehead atoms. The van der Waals surface area contributed by atoms with Gasteiger partial charge < -0.3 is 5.11 Å². The number of benzene rings is 2. The van der Waals surface area contributed by atoms with E-state index in [-0.39, 0.29) is 0 Å². The van der Waals surface area contributed by atoms with Crippen molar-refractivity contribution in [2.45, 2.75) is 20.0 Å². The number of aliphatic hydroxyl groups excluding tert-OH is 1. The number of thiophene rings is 1. The molecule has 1 unspecified atom stereocenters. The lowest BCUT2D eigenvalue weighted by molar-refractivity contribution is 0.223. The van der Waals surface area contributed by atoms with Crippen LogP contribution in [0.15, 0.2) is 48.5 Å². The fraction of sp³-hybridized carbons (Fsp3) is 0.176. The number of aliphatic hydroxyl groups is 1. The molecule has 1 atom stereocenters. The monoisotopic (exact) mass is 268 g/mol. The van der Waals surface area contributed by atoms with Crippen LogP contribution < -0.4 is 0 Å². The minimum Gasteiger partial charge on any atom is -0.383 e. The third-order valence-electron chi connectivity index (χ3n) is 3.42. The van der Waals surface area contributed by atoms with Crippen LogP contribution in [0.2, 0.25) is 0 Å². The molecule has 19 heavy (non-hydrogen) atoms. The van der Waals surface area contributed by atoms with Crippen LogP contribution in [0.1, 0.15) is 27.0 Å². The second kappa shape index (κ2) is 4.80. The molecule has 0 fully saturated rings. The Hall–Kier alpha value is -1.64.